The highest BCUT2D eigenvalue weighted by molar-refractivity contribution is 6.35. The van der Waals surface area contributed by atoms with Crippen molar-refractivity contribution in [2.24, 2.45) is 5.92 Å². The number of carbonyl (C=O) groups excluding carboxylic acids is 3. The van der Waals surface area contributed by atoms with Crippen LogP contribution in [-0.4, -0.2) is 56.7 Å². The molecule has 8 heteroatoms. The standard InChI is InChI=1S/C18H25N3O5/c1-25-15-5-3-4-14(10-15)12-20-17(23)16(22)19-11-13-6-8-21(9-7-13)18(24)26-2/h3-5,10,13H,6-9,11-12H2,1-2H3,(H,19,22)(H,20,23). The first-order valence-electron chi connectivity index (χ1n) is 8.55. The van der Waals surface area contributed by atoms with Gasteiger partial charge in [-0.05, 0) is 36.5 Å². The number of hydrogen-bond acceptors (Lipinski definition) is 5. The second-order valence-corrected chi connectivity index (χ2v) is 6.14. The van der Waals surface area contributed by atoms with Crippen LogP contribution in [0, 0.1) is 5.92 Å². The minimum atomic E-state index is -0.667. The molecule has 26 heavy (non-hydrogen) atoms. The Hall–Kier alpha value is -2.77. The van der Waals surface area contributed by atoms with Crippen LogP contribution in [0.1, 0.15) is 18.4 Å². The Kier molecular flexibility index (Phi) is 7.25. The van der Waals surface area contributed by atoms with Crippen LogP contribution in [0.15, 0.2) is 24.3 Å². The molecule has 1 aromatic rings. The molecule has 1 aliphatic heterocycles. The van der Waals surface area contributed by atoms with Crippen LogP contribution in [0.25, 0.3) is 0 Å². The topological polar surface area (TPSA) is 97.0 Å². The number of benzene rings is 1. The first-order chi connectivity index (χ1) is 12.5. The number of nitrogens with one attached hydrogen (secondary N) is 2. The second kappa shape index (κ2) is 9.65. The third-order valence-electron chi connectivity index (χ3n) is 4.39. The number of likely N-dealkylation sites (tertiary alicyclic amines) is 1. The molecule has 1 heterocycles. The Morgan fingerprint density at radius 1 is 1.12 bits per heavy atom. The molecule has 0 atom stereocenters. The van der Waals surface area contributed by atoms with Gasteiger partial charge in [-0.15, -0.1) is 0 Å². The lowest BCUT2D eigenvalue weighted by Crippen LogP contribution is -2.44. The summed E-state index contributed by atoms with van der Waals surface area (Å²) >= 11 is 0. The van der Waals surface area contributed by atoms with Gasteiger partial charge in [0.1, 0.15) is 5.75 Å². The molecule has 0 aromatic heterocycles. The molecule has 0 aliphatic carbocycles. The summed E-state index contributed by atoms with van der Waals surface area (Å²) in [5.41, 5.74) is 0.848. The van der Waals surface area contributed by atoms with Crippen LogP contribution in [0.2, 0.25) is 0 Å². The molecule has 3 amide bonds. The van der Waals surface area contributed by atoms with E-state index in [1.807, 2.05) is 18.2 Å². The van der Waals surface area contributed by atoms with Gasteiger partial charge in [0.15, 0.2) is 0 Å². The smallest absolute Gasteiger partial charge is 0.409 e. The molecule has 1 aromatic carbocycles. The minimum absolute atomic E-state index is 0.242. The maximum atomic E-state index is 11.9. The van der Waals surface area contributed by atoms with E-state index in [-0.39, 0.29) is 18.6 Å². The number of methoxy groups -OCH3 is 2. The number of piperidine rings is 1. The van der Waals surface area contributed by atoms with Crippen LogP contribution in [-0.2, 0) is 20.9 Å². The molecule has 0 bridgehead atoms. The normalized spacial score (nSPS) is 14.5. The highest BCUT2D eigenvalue weighted by Gasteiger charge is 2.24. The lowest BCUT2D eigenvalue weighted by Gasteiger charge is -2.30. The number of ether oxygens (including phenoxy) is 2. The largest absolute Gasteiger partial charge is 0.497 e. The Morgan fingerprint density at radius 2 is 1.81 bits per heavy atom. The molecule has 0 spiro atoms. The summed E-state index contributed by atoms with van der Waals surface area (Å²) in [5, 5.41) is 5.25. The van der Waals surface area contributed by atoms with Gasteiger partial charge in [0, 0.05) is 26.2 Å². The molecule has 142 valence electrons. The third-order valence-corrected chi connectivity index (χ3v) is 4.39. The fourth-order valence-electron chi connectivity index (χ4n) is 2.81. The van der Waals surface area contributed by atoms with Gasteiger partial charge in [-0.2, -0.15) is 0 Å². The molecule has 2 N–H and O–H groups in total. The lowest BCUT2D eigenvalue weighted by molar-refractivity contribution is -0.139. The van der Waals surface area contributed by atoms with Gasteiger partial charge in [-0.25, -0.2) is 4.79 Å². The van der Waals surface area contributed by atoms with Gasteiger partial charge in [-0.1, -0.05) is 12.1 Å². The van der Waals surface area contributed by atoms with E-state index in [0.717, 1.165) is 18.4 Å². The summed E-state index contributed by atoms with van der Waals surface area (Å²) in [4.78, 5) is 36.9. The van der Waals surface area contributed by atoms with Crippen molar-refractivity contribution in [2.45, 2.75) is 19.4 Å². The number of hydrogen-bond donors (Lipinski definition) is 2. The molecule has 2 rings (SSSR count). The zero-order valence-corrected chi connectivity index (χ0v) is 15.1. The van der Waals surface area contributed by atoms with E-state index in [2.05, 4.69) is 15.4 Å². The molecular weight excluding hydrogens is 338 g/mol. The zero-order valence-electron chi connectivity index (χ0n) is 15.1. The van der Waals surface area contributed by atoms with Crippen molar-refractivity contribution in [3.63, 3.8) is 0 Å². The van der Waals surface area contributed by atoms with Crippen molar-refractivity contribution in [3.05, 3.63) is 29.8 Å². The zero-order chi connectivity index (χ0) is 18.9. The quantitative estimate of drug-likeness (QED) is 0.758. The molecule has 1 fully saturated rings. The Morgan fingerprint density at radius 3 is 2.46 bits per heavy atom. The maximum absolute atomic E-state index is 11.9. The van der Waals surface area contributed by atoms with E-state index in [0.29, 0.717) is 25.4 Å². The number of rotatable bonds is 5. The van der Waals surface area contributed by atoms with E-state index < -0.39 is 11.8 Å². The molecule has 1 aliphatic rings. The molecule has 0 unspecified atom stereocenters. The monoisotopic (exact) mass is 363 g/mol. The van der Waals surface area contributed by atoms with E-state index in [9.17, 15) is 14.4 Å². The highest BCUT2D eigenvalue weighted by atomic mass is 16.5. The number of nitrogens with zero attached hydrogens (tertiary/aromatic N) is 1. The Bertz CT molecular complexity index is 641. The average molecular weight is 363 g/mol. The van der Waals surface area contributed by atoms with E-state index >= 15 is 0 Å². The van der Waals surface area contributed by atoms with Crippen LogP contribution in [0.3, 0.4) is 0 Å². The average Bonchev–Trinajstić information content (AvgIpc) is 2.70. The first kappa shape index (κ1) is 19.6. The fraction of sp³-hybridized carbons (Fsp3) is 0.500. The highest BCUT2D eigenvalue weighted by Crippen LogP contribution is 2.17. The lowest BCUT2D eigenvalue weighted by atomic mass is 9.97. The van der Waals surface area contributed by atoms with Crippen LogP contribution in [0.5, 0.6) is 5.75 Å². The summed E-state index contributed by atoms with van der Waals surface area (Å²) in [6, 6.07) is 7.27. The SMILES string of the molecule is COC(=O)N1CCC(CNC(=O)C(=O)NCc2cccc(OC)c2)CC1. The number of amides is 3. The third kappa shape index (κ3) is 5.65. The van der Waals surface area contributed by atoms with Crippen LogP contribution < -0.4 is 15.4 Å². The van der Waals surface area contributed by atoms with E-state index in [1.165, 1.54) is 7.11 Å². The summed E-state index contributed by atoms with van der Waals surface area (Å²) in [7, 11) is 2.93. The van der Waals surface area contributed by atoms with Gasteiger partial charge >= 0.3 is 17.9 Å². The van der Waals surface area contributed by atoms with E-state index in [4.69, 9.17) is 4.74 Å². The van der Waals surface area contributed by atoms with Crippen LogP contribution >= 0.6 is 0 Å². The van der Waals surface area contributed by atoms with Crippen molar-refractivity contribution >= 4 is 17.9 Å². The minimum Gasteiger partial charge on any atom is -0.497 e. The predicted molar refractivity (Wildman–Crippen MR) is 94.6 cm³/mol. The molecule has 0 radical (unpaired) electrons. The van der Waals surface area contributed by atoms with Gasteiger partial charge in [0.25, 0.3) is 0 Å². The summed E-state index contributed by atoms with van der Waals surface area (Å²) in [6.07, 6.45) is 1.20. The van der Waals surface area contributed by atoms with Crippen molar-refractivity contribution < 1.29 is 23.9 Å². The number of carbonyl (C=O) groups is 3. The van der Waals surface area contributed by atoms with Crippen LogP contribution in [0.4, 0.5) is 4.79 Å². The Balaban J connectivity index is 1.69. The summed E-state index contributed by atoms with van der Waals surface area (Å²) in [6.45, 7) is 1.85. The maximum Gasteiger partial charge on any atom is 0.409 e. The van der Waals surface area contributed by atoms with Gasteiger partial charge < -0.3 is 25.0 Å². The van der Waals surface area contributed by atoms with Gasteiger partial charge in [-0.3, -0.25) is 9.59 Å². The van der Waals surface area contributed by atoms with Crippen molar-refractivity contribution in [2.75, 3.05) is 33.9 Å². The van der Waals surface area contributed by atoms with Crippen molar-refractivity contribution in [1.29, 1.82) is 0 Å². The van der Waals surface area contributed by atoms with Crippen molar-refractivity contribution in [1.82, 2.24) is 15.5 Å². The molecular formula is C18H25N3O5. The molecule has 8 nitrogen and oxygen atoms in total. The summed E-state index contributed by atoms with van der Waals surface area (Å²) in [5.74, 6) is -0.381. The second-order valence-electron chi connectivity index (χ2n) is 6.14. The predicted octanol–water partition coefficient (Wildman–Crippen LogP) is 0.906. The molecule has 1 saturated heterocycles. The fourth-order valence-corrected chi connectivity index (χ4v) is 2.81. The van der Waals surface area contributed by atoms with Crippen molar-refractivity contribution in [3.8, 4) is 5.75 Å². The Labute approximate surface area is 152 Å². The van der Waals surface area contributed by atoms with E-state index in [1.54, 1.807) is 18.1 Å². The van der Waals surface area contributed by atoms with Gasteiger partial charge in [0.2, 0.25) is 0 Å². The first-order valence-corrected chi connectivity index (χ1v) is 8.55. The van der Waals surface area contributed by atoms with Gasteiger partial charge in [0.05, 0.1) is 14.2 Å². The molecule has 0 saturated carbocycles. The summed E-state index contributed by atoms with van der Waals surface area (Å²) < 4.78 is 9.81.